The number of rotatable bonds is 4. The molecule has 2 aromatic rings. The van der Waals surface area contributed by atoms with Crippen molar-refractivity contribution in [2.45, 2.75) is 29.3 Å². The molecular weight excluding hydrogens is 437 g/mol. The van der Waals surface area contributed by atoms with Gasteiger partial charge in [-0.25, -0.2) is 23.1 Å². The van der Waals surface area contributed by atoms with Gasteiger partial charge in [-0.3, -0.25) is 9.69 Å². The zero-order valence-corrected chi connectivity index (χ0v) is 17.2. The largest absolute Gasteiger partial charge is 0.501 e. The van der Waals surface area contributed by atoms with Crippen LogP contribution < -0.4 is 15.1 Å². The van der Waals surface area contributed by atoms with E-state index in [1.54, 1.807) is 19.2 Å². The molecule has 1 aliphatic carbocycles. The second-order valence-corrected chi connectivity index (χ2v) is 9.32. The van der Waals surface area contributed by atoms with Gasteiger partial charge >= 0.3 is 11.5 Å². The number of sulfone groups is 1. The Labute approximate surface area is 175 Å². The summed E-state index contributed by atoms with van der Waals surface area (Å²) < 4.78 is 61.5. The molecule has 2 heterocycles. The zero-order valence-electron chi connectivity index (χ0n) is 16.3. The van der Waals surface area contributed by atoms with Gasteiger partial charge in [-0.2, -0.15) is 13.2 Å². The summed E-state index contributed by atoms with van der Waals surface area (Å²) in [5, 5.41) is 2.85. The summed E-state index contributed by atoms with van der Waals surface area (Å²) in [6.07, 6.45) is 1.91. The minimum Gasteiger partial charge on any atom is -0.373 e. The number of alkyl halides is 3. The van der Waals surface area contributed by atoms with Gasteiger partial charge < -0.3 is 5.32 Å². The molecule has 3 amide bonds. The Hall–Kier alpha value is -3.15. The van der Waals surface area contributed by atoms with E-state index in [1.807, 2.05) is 6.92 Å². The molecule has 4 rings (SSSR count). The van der Waals surface area contributed by atoms with Crippen molar-refractivity contribution in [3.8, 4) is 0 Å². The number of hydrogen-bond donors (Lipinski definition) is 1. The third kappa shape index (κ3) is 2.96. The van der Waals surface area contributed by atoms with Gasteiger partial charge in [0.2, 0.25) is 0 Å². The van der Waals surface area contributed by atoms with Gasteiger partial charge in [0.25, 0.3) is 15.7 Å². The number of nitrogens with one attached hydrogen (secondary N) is 1. The molecular formula is C19H17F3N4O4S. The van der Waals surface area contributed by atoms with Crippen LogP contribution in [0.15, 0.2) is 47.5 Å². The second-order valence-electron chi connectivity index (χ2n) is 7.38. The number of benzene rings is 1. The van der Waals surface area contributed by atoms with Crippen LogP contribution in [-0.4, -0.2) is 43.4 Å². The lowest BCUT2D eigenvalue weighted by Gasteiger charge is -2.22. The summed E-state index contributed by atoms with van der Waals surface area (Å²) in [6, 6.07) is 6.02. The van der Waals surface area contributed by atoms with Crippen LogP contribution in [0.1, 0.15) is 13.3 Å². The average molecular weight is 454 g/mol. The summed E-state index contributed by atoms with van der Waals surface area (Å²) in [5.74, 6) is -0.161. The molecule has 0 bridgehead atoms. The van der Waals surface area contributed by atoms with E-state index in [0.29, 0.717) is 17.9 Å². The van der Waals surface area contributed by atoms with Crippen molar-refractivity contribution in [3.05, 3.63) is 42.6 Å². The number of pyridine rings is 1. The van der Waals surface area contributed by atoms with Crippen LogP contribution in [0.4, 0.5) is 35.2 Å². The number of imide groups is 1. The number of nitrogens with zero attached hydrogens (tertiary/aromatic N) is 3. The topological polar surface area (TPSA) is 99.7 Å². The summed E-state index contributed by atoms with van der Waals surface area (Å²) in [6.45, 7) is 1.82. The molecule has 1 saturated heterocycles. The smallest absolute Gasteiger partial charge is 0.373 e. The quantitative estimate of drug-likeness (QED) is 0.713. The summed E-state index contributed by atoms with van der Waals surface area (Å²) in [7, 11) is -3.88. The van der Waals surface area contributed by atoms with E-state index in [4.69, 9.17) is 0 Å². The Morgan fingerprint density at radius 3 is 2.26 bits per heavy atom. The van der Waals surface area contributed by atoms with E-state index in [0.717, 1.165) is 29.2 Å². The highest BCUT2D eigenvalue weighted by Crippen LogP contribution is 2.55. The monoisotopic (exact) mass is 454 g/mol. The van der Waals surface area contributed by atoms with E-state index in [2.05, 4.69) is 10.3 Å². The predicted octanol–water partition coefficient (Wildman–Crippen LogP) is 3.17. The molecule has 2 fully saturated rings. The second kappa shape index (κ2) is 6.67. The SMILES string of the molecule is CNc1cc(N2C(=O)N(c3ccc(S(=O)(=O)C(F)(F)F)cc3)C(=O)C23CC3C)ccn1. The van der Waals surface area contributed by atoms with Gasteiger partial charge in [0, 0.05) is 19.3 Å². The molecule has 164 valence electrons. The summed E-state index contributed by atoms with van der Waals surface area (Å²) in [4.78, 5) is 31.8. The van der Waals surface area contributed by atoms with Crippen molar-refractivity contribution < 1.29 is 31.2 Å². The van der Waals surface area contributed by atoms with Crippen LogP contribution in [0.5, 0.6) is 0 Å². The molecule has 1 aromatic carbocycles. The zero-order chi connectivity index (χ0) is 22.8. The van der Waals surface area contributed by atoms with Gasteiger partial charge in [0.05, 0.1) is 16.3 Å². The van der Waals surface area contributed by atoms with Crippen LogP contribution in [0.25, 0.3) is 0 Å². The maximum Gasteiger partial charge on any atom is 0.501 e. The third-order valence-electron chi connectivity index (χ3n) is 5.60. The van der Waals surface area contributed by atoms with Crippen molar-refractivity contribution >= 4 is 39.0 Å². The van der Waals surface area contributed by atoms with Gasteiger partial charge in [-0.15, -0.1) is 0 Å². The fourth-order valence-corrected chi connectivity index (χ4v) is 4.60. The van der Waals surface area contributed by atoms with Crippen molar-refractivity contribution in [2.24, 2.45) is 5.92 Å². The summed E-state index contributed by atoms with van der Waals surface area (Å²) >= 11 is 0. The van der Waals surface area contributed by atoms with E-state index < -0.39 is 37.7 Å². The molecule has 1 spiro atoms. The maximum atomic E-state index is 13.3. The number of halogens is 3. The van der Waals surface area contributed by atoms with Crippen LogP contribution in [0.2, 0.25) is 0 Å². The summed E-state index contributed by atoms with van der Waals surface area (Å²) in [5.41, 5.74) is -6.12. The van der Waals surface area contributed by atoms with E-state index in [9.17, 15) is 31.2 Å². The molecule has 1 saturated carbocycles. The van der Waals surface area contributed by atoms with Gasteiger partial charge in [-0.1, -0.05) is 6.92 Å². The number of hydrogen-bond acceptors (Lipinski definition) is 6. The lowest BCUT2D eigenvalue weighted by Crippen LogP contribution is -2.39. The fraction of sp³-hybridized carbons (Fsp3) is 0.316. The Kier molecular flexibility index (Phi) is 4.54. The maximum absolute atomic E-state index is 13.3. The number of anilines is 3. The number of carbonyl (C=O) groups is 2. The van der Waals surface area contributed by atoms with Gasteiger partial charge in [0.15, 0.2) is 0 Å². The first-order valence-corrected chi connectivity index (χ1v) is 10.7. The first-order valence-electron chi connectivity index (χ1n) is 9.19. The molecule has 1 aliphatic heterocycles. The van der Waals surface area contributed by atoms with E-state index in [-0.39, 0.29) is 11.6 Å². The fourth-order valence-electron chi connectivity index (χ4n) is 3.84. The normalized spacial score (nSPS) is 23.6. The van der Waals surface area contributed by atoms with Crippen LogP contribution in [-0.2, 0) is 14.6 Å². The molecule has 2 atom stereocenters. The van der Waals surface area contributed by atoms with Crippen molar-refractivity contribution in [1.82, 2.24) is 4.98 Å². The highest BCUT2D eigenvalue weighted by molar-refractivity contribution is 7.92. The molecule has 2 aliphatic rings. The van der Waals surface area contributed by atoms with Crippen LogP contribution in [0.3, 0.4) is 0 Å². The van der Waals surface area contributed by atoms with Crippen LogP contribution >= 0.6 is 0 Å². The molecule has 1 N–H and O–H groups in total. The number of carbonyl (C=O) groups excluding carboxylic acids is 2. The molecule has 0 radical (unpaired) electrons. The molecule has 31 heavy (non-hydrogen) atoms. The van der Waals surface area contributed by atoms with Crippen molar-refractivity contribution in [3.63, 3.8) is 0 Å². The number of aromatic nitrogens is 1. The number of urea groups is 1. The minimum atomic E-state index is -5.54. The first kappa shape index (κ1) is 21.1. The predicted molar refractivity (Wildman–Crippen MR) is 105 cm³/mol. The molecule has 12 heteroatoms. The lowest BCUT2D eigenvalue weighted by atomic mass is 10.1. The Balaban J connectivity index is 1.74. The Morgan fingerprint density at radius 1 is 1.13 bits per heavy atom. The Morgan fingerprint density at radius 2 is 1.74 bits per heavy atom. The van der Waals surface area contributed by atoms with Gasteiger partial charge in [0.1, 0.15) is 11.4 Å². The van der Waals surface area contributed by atoms with E-state index >= 15 is 0 Å². The standard InChI is InChI=1S/C19H17F3N4O4S/c1-11-10-18(11)16(27)25(17(28)26(18)13-7-8-24-15(9-13)23-2)12-3-5-14(6-4-12)31(29,30)19(20,21)22/h3-9,11H,10H2,1-2H3,(H,23,24). The Bertz CT molecular complexity index is 1180. The highest BCUT2D eigenvalue weighted by atomic mass is 32.2. The molecule has 2 unspecified atom stereocenters. The van der Waals surface area contributed by atoms with Crippen molar-refractivity contribution in [1.29, 1.82) is 0 Å². The first-order chi connectivity index (χ1) is 14.4. The lowest BCUT2D eigenvalue weighted by molar-refractivity contribution is -0.119. The average Bonchev–Trinajstić information content (AvgIpc) is 3.33. The number of amides is 3. The molecule has 1 aromatic heterocycles. The van der Waals surface area contributed by atoms with Crippen molar-refractivity contribution in [2.75, 3.05) is 22.2 Å². The molecule has 8 nitrogen and oxygen atoms in total. The van der Waals surface area contributed by atoms with Gasteiger partial charge in [-0.05, 0) is 42.7 Å². The third-order valence-corrected chi connectivity index (χ3v) is 7.10. The van der Waals surface area contributed by atoms with E-state index in [1.165, 1.54) is 11.1 Å². The minimum absolute atomic E-state index is 0.0139. The van der Waals surface area contributed by atoms with Crippen LogP contribution in [0, 0.1) is 5.92 Å². The highest BCUT2D eigenvalue weighted by Gasteiger charge is 2.70.